The van der Waals surface area contributed by atoms with Gasteiger partial charge >= 0.3 is 0 Å². The van der Waals surface area contributed by atoms with E-state index in [-0.39, 0.29) is 12.5 Å². The van der Waals surface area contributed by atoms with Gasteiger partial charge in [0.05, 0.1) is 39.9 Å². The van der Waals surface area contributed by atoms with Crippen LogP contribution in [0.3, 0.4) is 0 Å². The minimum atomic E-state index is -4.62. The van der Waals surface area contributed by atoms with Gasteiger partial charge in [-0.3, -0.25) is 9.36 Å². The SMILES string of the molecule is CC/C=C\C/C=C\C/C=C\C/C=C\C/C=C\CCCCCCCCCC(=O)NC(COP(=O)([O-])OCC[N+](C)(C)C)C(O)/C=C/CC/C=C/CC/C=C/CCCCCCCCCCCCCCCCCC. The quantitative estimate of drug-likeness (QED) is 0.0272. The monoisotopic (exact) mass is 1010 g/mol. The zero-order valence-electron chi connectivity index (χ0n) is 46.6. The maximum absolute atomic E-state index is 13.0. The Morgan fingerprint density at radius 2 is 0.873 bits per heavy atom. The molecule has 71 heavy (non-hydrogen) atoms. The van der Waals surface area contributed by atoms with Crippen LogP contribution in [-0.2, 0) is 18.4 Å². The fourth-order valence-electron chi connectivity index (χ4n) is 7.98. The van der Waals surface area contributed by atoms with Gasteiger partial charge in [-0.15, -0.1) is 0 Å². The molecule has 9 heteroatoms. The molecule has 0 rings (SSSR count). The van der Waals surface area contributed by atoms with Crippen LogP contribution in [-0.4, -0.2) is 68.5 Å². The number of likely N-dealkylation sites (N-methyl/N-ethyl adjacent to an activating group) is 1. The highest BCUT2D eigenvalue weighted by molar-refractivity contribution is 7.45. The maximum Gasteiger partial charge on any atom is 0.268 e. The molecule has 0 fully saturated rings. The van der Waals surface area contributed by atoms with Crippen LogP contribution in [0.2, 0.25) is 0 Å². The van der Waals surface area contributed by atoms with Crippen molar-refractivity contribution in [2.75, 3.05) is 40.9 Å². The number of allylic oxidation sites excluding steroid dienone is 15. The maximum atomic E-state index is 13.0. The van der Waals surface area contributed by atoms with Crippen molar-refractivity contribution in [1.82, 2.24) is 5.32 Å². The zero-order chi connectivity index (χ0) is 52.0. The average Bonchev–Trinajstić information content (AvgIpc) is 3.33. The summed E-state index contributed by atoms with van der Waals surface area (Å²) in [5, 5.41) is 13.9. The number of amides is 1. The van der Waals surface area contributed by atoms with Gasteiger partial charge in [0.1, 0.15) is 13.2 Å². The molecule has 0 aromatic carbocycles. The summed E-state index contributed by atoms with van der Waals surface area (Å²) in [6, 6.07) is -0.924. The molecule has 410 valence electrons. The Bertz CT molecular complexity index is 1470. The number of phosphoric ester groups is 1. The highest BCUT2D eigenvalue weighted by Crippen LogP contribution is 2.38. The summed E-state index contributed by atoms with van der Waals surface area (Å²) in [5.74, 6) is -0.225. The highest BCUT2D eigenvalue weighted by Gasteiger charge is 2.23. The second-order valence-corrected chi connectivity index (χ2v) is 22.0. The molecule has 0 saturated heterocycles. The lowest BCUT2D eigenvalue weighted by molar-refractivity contribution is -0.870. The van der Waals surface area contributed by atoms with Crippen LogP contribution in [0.15, 0.2) is 97.2 Å². The molecule has 0 aromatic heterocycles. The van der Waals surface area contributed by atoms with Crippen molar-refractivity contribution in [1.29, 1.82) is 0 Å². The van der Waals surface area contributed by atoms with Gasteiger partial charge in [0.25, 0.3) is 7.82 Å². The second kappa shape index (κ2) is 52.3. The van der Waals surface area contributed by atoms with Crippen molar-refractivity contribution in [3.8, 4) is 0 Å². The van der Waals surface area contributed by atoms with Gasteiger partial charge in [0.2, 0.25) is 5.91 Å². The molecule has 8 nitrogen and oxygen atoms in total. The predicted octanol–water partition coefficient (Wildman–Crippen LogP) is 17.2. The first-order valence-electron chi connectivity index (χ1n) is 29.1. The molecule has 1 amide bonds. The Kier molecular flexibility index (Phi) is 50.4. The molecule has 0 bridgehead atoms. The van der Waals surface area contributed by atoms with E-state index in [4.69, 9.17) is 9.05 Å². The minimum absolute atomic E-state index is 0.0164. The molecule has 0 spiro atoms. The van der Waals surface area contributed by atoms with E-state index in [0.29, 0.717) is 17.4 Å². The fraction of sp³-hybridized carbons (Fsp3) is 0.726. The summed E-state index contributed by atoms with van der Waals surface area (Å²) in [6.45, 7) is 4.50. The number of rotatable bonds is 52. The first kappa shape index (κ1) is 68.4. The Labute approximate surface area is 439 Å². The number of carbonyl (C=O) groups is 1. The van der Waals surface area contributed by atoms with Gasteiger partial charge in [0, 0.05) is 6.42 Å². The van der Waals surface area contributed by atoms with E-state index in [1.165, 1.54) is 128 Å². The molecule has 0 saturated carbocycles. The van der Waals surface area contributed by atoms with E-state index < -0.39 is 26.6 Å². The van der Waals surface area contributed by atoms with Gasteiger partial charge in [-0.2, -0.15) is 0 Å². The third-order valence-corrected chi connectivity index (χ3v) is 13.5. The predicted molar refractivity (Wildman–Crippen MR) is 306 cm³/mol. The summed E-state index contributed by atoms with van der Waals surface area (Å²) < 4.78 is 23.3. The van der Waals surface area contributed by atoms with E-state index >= 15 is 0 Å². The van der Waals surface area contributed by atoms with Crippen molar-refractivity contribution in [2.45, 2.75) is 251 Å². The van der Waals surface area contributed by atoms with Crippen molar-refractivity contribution in [2.24, 2.45) is 0 Å². The van der Waals surface area contributed by atoms with Crippen LogP contribution in [0.1, 0.15) is 239 Å². The zero-order valence-corrected chi connectivity index (χ0v) is 47.5. The number of quaternary nitrogens is 1. The fourth-order valence-corrected chi connectivity index (χ4v) is 8.70. The van der Waals surface area contributed by atoms with Gasteiger partial charge in [-0.1, -0.05) is 239 Å². The summed E-state index contributed by atoms with van der Waals surface area (Å²) >= 11 is 0. The lowest BCUT2D eigenvalue weighted by Gasteiger charge is -2.29. The number of nitrogens with zero attached hydrogens (tertiary/aromatic N) is 1. The van der Waals surface area contributed by atoms with Crippen molar-refractivity contribution >= 4 is 13.7 Å². The molecule has 0 aliphatic rings. The number of aliphatic hydroxyl groups is 1. The van der Waals surface area contributed by atoms with Gasteiger partial charge in [-0.05, 0) is 89.9 Å². The Hall–Kier alpha value is -2.58. The third kappa shape index (κ3) is 55.0. The second-order valence-electron chi connectivity index (χ2n) is 20.6. The molecular formula is C62H111N2O6P. The summed E-state index contributed by atoms with van der Waals surface area (Å²) in [5.41, 5.74) is 0. The van der Waals surface area contributed by atoms with Crippen LogP contribution < -0.4 is 10.2 Å². The molecule has 0 aliphatic heterocycles. The minimum Gasteiger partial charge on any atom is -0.756 e. The Balaban J connectivity index is 4.33. The van der Waals surface area contributed by atoms with E-state index in [2.05, 4.69) is 104 Å². The molecule has 0 radical (unpaired) electrons. The molecule has 2 N–H and O–H groups in total. The summed E-state index contributed by atoms with van der Waals surface area (Å²) in [4.78, 5) is 25.5. The van der Waals surface area contributed by atoms with E-state index in [1.807, 2.05) is 27.2 Å². The molecular weight excluding hydrogens is 900 g/mol. The number of unbranched alkanes of at least 4 members (excludes halogenated alkanes) is 25. The Morgan fingerprint density at radius 1 is 0.507 bits per heavy atom. The van der Waals surface area contributed by atoms with Crippen molar-refractivity contribution in [3.05, 3.63) is 97.2 Å². The van der Waals surface area contributed by atoms with Crippen molar-refractivity contribution < 1.29 is 32.9 Å². The molecule has 0 heterocycles. The largest absolute Gasteiger partial charge is 0.756 e. The highest BCUT2D eigenvalue weighted by atomic mass is 31.2. The van der Waals surface area contributed by atoms with E-state index in [9.17, 15) is 19.4 Å². The van der Waals surface area contributed by atoms with Crippen molar-refractivity contribution in [3.63, 3.8) is 0 Å². The lowest BCUT2D eigenvalue weighted by atomic mass is 10.0. The molecule has 3 atom stereocenters. The van der Waals surface area contributed by atoms with Crippen LogP contribution in [0.5, 0.6) is 0 Å². The summed E-state index contributed by atoms with van der Waals surface area (Å²) in [7, 11) is 1.21. The number of phosphoric acid groups is 1. The topological polar surface area (TPSA) is 108 Å². The normalized spacial score (nSPS) is 14.6. The van der Waals surface area contributed by atoms with Gasteiger partial charge in [-0.25, -0.2) is 0 Å². The number of hydrogen-bond acceptors (Lipinski definition) is 6. The molecule has 3 unspecified atom stereocenters. The number of aliphatic hydroxyl groups excluding tert-OH is 1. The van der Waals surface area contributed by atoms with Crippen LogP contribution >= 0.6 is 7.82 Å². The number of nitrogens with one attached hydrogen (secondary N) is 1. The number of carbonyl (C=O) groups excluding carboxylic acids is 1. The summed E-state index contributed by atoms with van der Waals surface area (Å²) in [6.07, 6.45) is 74.9. The lowest BCUT2D eigenvalue weighted by Crippen LogP contribution is -2.45. The average molecular weight is 1010 g/mol. The van der Waals surface area contributed by atoms with E-state index in [0.717, 1.165) is 89.9 Å². The van der Waals surface area contributed by atoms with Crippen LogP contribution in [0, 0.1) is 0 Å². The first-order valence-corrected chi connectivity index (χ1v) is 30.6. The molecule has 0 aromatic rings. The standard InChI is InChI=1S/C62H111N2O6P/c1-6-8-10-12-14-16-18-20-22-24-26-28-30-31-32-34-35-37-39-41-43-45-47-49-51-53-55-61(65)60(59-70-71(67,68)69-58-57-64(3,4)5)63-62(66)56-54-52-50-48-46-44-42-40-38-36-33-29-27-25-23-21-19-17-15-13-11-9-7-2/h9,11,15,17,21,23,27,29,36-39,45,47,53,55,60-61,65H,6-8,10,12-14,16,18-20,22,24-26,28,30-35,40-44,46,48-52,54,56-59H2,1-5H3,(H-,63,66,67,68)/b11-9-,17-15-,23-21-,29-27-,38-36-,39-37+,47-45+,55-53+. The third-order valence-electron chi connectivity index (χ3n) is 12.5. The Morgan fingerprint density at radius 3 is 1.31 bits per heavy atom. The van der Waals surface area contributed by atoms with Crippen LogP contribution in [0.25, 0.3) is 0 Å². The van der Waals surface area contributed by atoms with Crippen LogP contribution in [0.4, 0.5) is 0 Å². The van der Waals surface area contributed by atoms with Gasteiger partial charge < -0.3 is 28.8 Å². The number of hydrogen-bond donors (Lipinski definition) is 2. The first-order chi connectivity index (χ1) is 34.5. The molecule has 0 aliphatic carbocycles. The van der Waals surface area contributed by atoms with E-state index in [1.54, 1.807) is 6.08 Å². The smallest absolute Gasteiger partial charge is 0.268 e. The van der Waals surface area contributed by atoms with Gasteiger partial charge in [0.15, 0.2) is 0 Å².